The lowest BCUT2D eigenvalue weighted by atomic mass is 10.2. The fraction of sp³-hybridized carbons (Fsp3) is 0.353. The summed E-state index contributed by atoms with van der Waals surface area (Å²) in [5.74, 6) is 0.721. The van der Waals surface area contributed by atoms with Gasteiger partial charge in [-0.05, 0) is 23.8 Å². The van der Waals surface area contributed by atoms with E-state index in [1.165, 1.54) is 6.07 Å². The molecule has 2 aromatic rings. The van der Waals surface area contributed by atoms with E-state index in [9.17, 15) is 4.39 Å². The van der Waals surface area contributed by atoms with Crippen LogP contribution < -0.4 is 10.2 Å². The molecular formula is C17H22FN3. The predicted octanol–water partition coefficient (Wildman–Crippen LogP) is 3.36. The number of nitrogens with one attached hydrogen (secondary N) is 1. The van der Waals surface area contributed by atoms with Gasteiger partial charge in [0.2, 0.25) is 0 Å². The lowest BCUT2D eigenvalue weighted by molar-refractivity contribution is 0.587. The second-order valence-corrected chi connectivity index (χ2v) is 5.51. The topological polar surface area (TPSA) is 28.2 Å². The van der Waals surface area contributed by atoms with Crippen molar-refractivity contribution in [2.75, 3.05) is 11.9 Å². The number of pyridine rings is 1. The molecule has 2 rings (SSSR count). The first-order chi connectivity index (χ1) is 10.1. The summed E-state index contributed by atoms with van der Waals surface area (Å²) in [6, 6.07) is 11.1. The Kier molecular flexibility index (Phi) is 5.28. The molecule has 0 unspecified atom stereocenters. The van der Waals surface area contributed by atoms with E-state index in [2.05, 4.69) is 30.2 Å². The SMILES string of the molecule is CC(C)NCc1cccnc1N(C)Cc1cccc(F)c1. The molecule has 21 heavy (non-hydrogen) atoms. The van der Waals surface area contributed by atoms with Crippen molar-refractivity contribution < 1.29 is 4.39 Å². The number of benzene rings is 1. The third-order valence-electron chi connectivity index (χ3n) is 3.24. The number of nitrogens with zero attached hydrogens (tertiary/aromatic N) is 2. The van der Waals surface area contributed by atoms with Crippen LogP contribution in [0.1, 0.15) is 25.0 Å². The molecule has 0 saturated heterocycles. The molecular weight excluding hydrogens is 265 g/mol. The Morgan fingerprint density at radius 1 is 1.24 bits per heavy atom. The zero-order valence-corrected chi connectivity index (χ0v) is 12.8. The number of rotatable bonds is 6. The predicted molar refractivity (Wildman–Crippen MR) is 84.7 cm³/mol. The largest absolute Gasteiger partial charge is 0.355 e. The van der Waals surface area contributed by atoms with Crippen molar-refractivity contribution in [2.45, 2.75) is 33.0 Å². The first kappa shape index (κ1) is 15.4. The highest BCUT2D eigenvalue weighted by atomic mass is 19.1. The van der Waals surface area contributed by atoms with Crippen LogP contribution in [0.3, 0.4) is 0 Å². The molecule has 0 fully saturated rings. The average molecular weight is 287 g/mol. The Morgan fingerprint density at radius 3 is 2.76 bits per heavy atom. The van der Waals surface area contributed by atoms with Gasteiger partial charge in [0.05, 0.1) is 0 Å². The van der Waals surface area contributed by atoms with Crippen LogP contribution in [0.15, 0.2) is 42.6 Å². The van der Waals surface area contributed by atoms with Gasteiger partial charge >= 0.3 is 0 Å². The lowest BCUT2D eigenvalue weighted by Crippen LogP contribution is -2.25. The molecule has 112 valence electrons. The van der Waals surface area contributed by atoms with Gasteiger partial charge < -0.3 is 10.2 Å². The van der Waals surface area contributed by atoms with E-state index in [1.807, 2.05) is 24.1 Å². The van der Waals surface area contributed by atoms with Crippen molar-refractivity contribution in [3.63, 3.8) is 0 Å². The zero-order chi connectivity index (χ0) is 15.2. The summed E-state index contributed by atoms with van der Waals surface area (Å²) >= 11 is 0. The zero-order valence-electron chi connectivity index (χ0n) is 12.8. The van der Waals surface area contributed by atoms with Gasteiger partial charge in [-0.25, -0.2) is 9.37 Å². The van der Waals surface area contributed by atoms with Crippen LogP contribution in [0, 0.1) is 5.82 Å². The standard InChI is InChI=1S/C17H22FN3/c1-13(2)20-11-15-7-5-9-19-17(15)21(3)12-14-6-4-8-16(18)10-14/h4-10,13,20H,11-12H2,1-3H3. The van der Waals surface area contributed by atoms with Gasteiger partial charge in [0.1, 0.15) is 11.6 Å². The molecule has 3 nitrogen and oxygen atoms in total. The molecule has 0 aliphatic heterocycles. The molecule has 4 heteroatoms. The fourth-order valence-electron chi connectivity index (χ4n) is 2.21. The third-order valence-corrected chi connectivity index (χ3v) is 3.24. The summed E-state index contributed by atoms with van der Waals surface area (Å²) < 4.78 is 13.3. The molecule has 0 bridgehead atoms. The maximum Gasteiger partial charge on any atom is 0.133 e. The minimum atomic E-state index is -0.205. The molecule has 0 aliphatic rings. The van der Waals surface area contributed by atoms with Crippen LogP contribution in [0.2, 0.25) is 0 Å². The molecule has 1 heterocycles. The van der Waals surface area contributed by atoms with Gasteiger partial charge in [-0.2, -0.15) is 0 Å². The van der Waals surface area contributed by atoms with Crippen molar-refractivity contribution in [3.8, 4) is 0 Å². The second-order valence-electron chi connectivity index (χ2n) is 5.51. The van der Waals surface area contributed by atoms with Crippen molar-refractivity contribution >= 4 is 5.82 Å². The van der Waals surface area contributed by atoms with Crippen molar-refractivity contribution in [2.24, 2.45) is 0 Å². The first-order valence-corrected chi connectivity index (χ1v) is 7.19. The van der Waals surface area contributed by atoms with Crippen LogP contribution in [0.5, 0.6) is 0 Å². The summed E-state index contributed by atoms with van der Waals surface area (Å²) in [6.07, 6.45) is 1.79. The minimum Gasteiger partial charge on any atom is -0.355 e. The molecule has 0 radical (unpaired) electrons. The molecule has 1 aromatic heterocycles. The highest BCUT2D eigenvalue weighted by Gasteiger charge is 2.10. The fourth-order valence-corrected chi connectivity index (χ4v) is 2.21. The Labute approximate surface area is 125 Å². The van der Waals surface area contributed by atoms with Crippen molar-refractivity contribution in [3.05, 3.63) is 59.5 Å². The van der Waals surface area contributed by atoms with Gasteiger partial charge in [-0.3, -0.25) is 0 Å². The van der Waals surface area contributed by atoms with Crippen LogP contribution in [0.25, 0.3) is 0 Å². The van der Waals surface area contributed by atoms with E-state index < -0.39 is 0 Å². The van der Waals surface area contributed by atoms with Gasteiger partial charge in [0, 0.05) is 37.9 Å². The first-order valence-electron chi connectivity index (χ1n) is 7.19. The van der Waals surface area contributed by atoms with Crippen LogP contribution >= 0.6 is 0 Å². The molecule has 0 atom stereocenters. The summed E-state index contributed by atoms with van der Waals surface area (Å²) in [7, 11) is 1.98. The lowest BCUT2D eigenvalue weighted by Gasteiger charge is -2.22. The average Bonchev–Trinajstić information content (AvgIpc) is 2.45. The quantitative estimate of drug-likeness (QED) is 0.883. The van der Waals surface area contributed by atoms with Crippen molar-refractivity contribution in [1.29, 1.82) is 0 Å². The maximum atomic E-state index is 13.3. The Bertz CT molecular complexity index is 584. The van der Waals surface area contributed by atoms with Gasteiger partial charge in [0.25, 0.3) is 0 Å². The second kappa shape index (κ2) is 7.18. The molecule has 0 saturated carbocycles. The van der Waals surface area contributed by atoms with Gasteiger partial charge in [0.15, 0.2) is 0 Å². The smallest absolute Gasteiger partial charge is 0.133 e. The molecule has 0 amide bonds. The normalized spacial score (nSPS) is 10.9. The highest BCUT2D eigenvalue weighted by Crippen LogP contribution is 2.18. The third kappa shape index (κ3) is 4.53. The van der Waals surface area contributed by atoms with Gasteiger partial charge in [-0.1, -0.05) is 32.0 Å². The Hall–Kier alpha value is -1.94. The van der Waals surface area contributed by atoms with E-state index in [4.69, 9.17) is 0 Å². The van der Waals surface area contributed by atoms with E-state index in [0.29, 0.717) is 12.6 Å². The molecule has 1 aromatic carbocycles. The Balaban J connectivity index is 2.13. The number of aromatic nitrogens is 1. The number of hydrogen-bond acceptors (Lipinski definition) is 3. The molecule has 0 spiro atoms. The van der Waals surface area contributed by atoms with Gasteiger partial charge in [-0.15, -0.1) is 0 Å². The highest BCUT2D eigenvalue weighted by molar-refractivity contribution is 5.46. The van der Waals surface area contributed by atoms with Crippen molar-refractivity contribution in [1.82, 2.24) is 10.3 Å². The van der Waals surface area contributed by atoms with Crippen LogP contribution in [-0.2, 0) is 13.1 Å². The maximum absolute atomic E-state index is 13.3. The van der Waals surface area contributed by atoms with E-state index in [-0.39, 0.29) is 5.82 Å². The molecule has 0 aliphatic carbocycles. The monoisotopic (exact) mass is 287 g/mol. The summed E-state index contributed by atoms with van der Waals surface area (Å²) in [4.78, 5) is 6.52. The summed E-state index contributed by atoms with van der Waals surface area (Å²) in [5, 5.41) is 3.40. The number of halogens is 1. The van der Waals surface area contributed by atoms with E-state index >= 15 is 0 Å². The molecule has 1 N–H and O–H groups in total. The summed E-state index contributed by atoms with van der Waals surface area (Å²) in [5.41, 5.74) is 2.08. The summed E-state index contributed by atoms with van der Waals surface area (Å²) in [6.45, 7) is 5.64. The number of hydrogen-bond donors (Lipinski definition) is 1. The van der Waals surface area contributed by atoms with Crippen LogP contribution in [-0.4, -0.2) is 18.1 Å². The van der Waals surface area contributed by atoms with E-state index in [1.54, 1.807) is 18.3 Å². The minimum absolute atomic E-state index is 0.205. The van der Waals surface area contributed by atoms with Crippen LogP contribution in [0.4, 0.5) is 10.2 Å². The van der Waals surface area contributed by atoms with E-state index in [0.717, 1.165) is 23.5 Å². The Morgan fingerprint density at radius 2 is 2.05 bits per heavy atom. The number of anilines is 1.